The van der Waals surface area contributed by atoms with Gasteiger partial charge in [-0.2, -0.15) is 4.98 Å². The molecule has 6 nitrogen and oxygen atoms in total. The van der Waals surface area contributed by atoms with Crippen LogP contribution in [-0.4, -0.2) is 35.0 Å². The molecule has 0 fully saturated rings. The van der Waals surface area contributed by atoms with Gasteiger partial charge in [0, 0.05) is 18.2 Å². The summed E-state index contributed by atoms with van der Waals surface area (Å²) in [4.78, 5) is 4.66. The molecule has 0 amide bonds. The maximum absolute atomic E-state index is 9.09. The summed E-state index contributed by atoms with van der Waals surface area (Å²) >= 11 is 0. The highest BCUT2D eigenvalue weighted by Gasteiger charge is 2.26. The first-order chi connectivity index (χ1) is 14.2. The highest BCUT2D eigenvalue weighted by Crippen LogP contribution is 2.36. The minimum atomic E-state index is 0.143. The molecule has 1 unspecified atom stereocenters. The molecule has 1 aliphatic carbocycles. The van der Waals surface area contributed by atoms with E-state index < -0.39 is 0 Å². The number of nitrogens with zero attached hydrogens (tertiary/aromatic N) is 2. The normalized spacial score (nSPS) is 15.5. The van der Waals surface area contributed by atoms with Crippen molar-refractivity contribution in [2.75, 3.05) is 19.8 Å². The van der Waals surface area contributed by atoms with Gasteiger partial charge in [-0.1, -0.05) is 35.5 Å². The van der Waals surface area contributed by atoms with Crippen LogP contribution in [0.1, 0.15) is 47.5 Å². The van der Waals surface area contributed by atoms with Crippen LogP contribution in [-0.2, 0) is 12.8 Å². The molecule has 0 aliphatic heterocycles. The van der Waals surface area contributed by atoms with Gasteiger partial charge in [0.1, 0.15) is 5.75 Å². The van der Waals surface area contributed by atoms with Crippen LogP contribution < -0.4 is 10.1 Å². The van der Waals surface area contributed by atoms with Crippen molar-refractivity contribution >= 4 is 0 Å². The second-order valence-electron chi connectivity index (χ2n) is 7.36. The van der Waals surface area contributed by atoms with Crippen molar-refractivity contribution in [2.24, 2.45) is 0 Å². The van der Waals surface area contributed by atoms with Crippen molar-refractivity contribution in [3.63, 3.8) is 0 Å². The van der Waals surface area contributed by atoms with E-state index in [4.69, 9.17) is 14.4 Å². The fourth-order valence-electron chi connectivity index (χ4n) is 3.99. The number of aromatic nitrogens is 2. The number of ether oxygens (including phenoxy) is 1. The van der Waals surface area contributed by atoms with E-state index >= 15 is 0 Å². The van der Waals surface area contributed by atoms with E-state index in [0.717, 1.165) is 35.3 Å². The van der Waals surface area contributed by atoms with Gasteiger partial charge >= 0.3 is 0 Å². The Morgan fingerprint density at radius 2 is 2.17 bits per heavy atom. The van der Waals surface area contributed by atoms with E-state index in [0.29, 0.717) is 31.3 Å². The lowest BCUT2D eigenvalue weighted by molar-refractivity contribution is 0.284. The fourth-order valence-corrected chi connectivity index (χ4v) is 3.99. The number of hydrogen-bond acceptors (Lipinski definition) is 6. The molecule has 2 N–H and O–H groups in total. The molecular formula is C23H27N3O3. The number of rotatable bonds is 8. The van der Waals surface area contributed by atoms with Crippen molar-refractivity contribution in [3.8, 4) is 17.1 Å². The fraction of sp³-hybridized carbons (Fsp3) is 0.391. The van der Waals surface area contributed by atoms with E-state index in [2.05, 4.69) is 39.7 Å². The Morgan fingerprint density at radius 3 is 3.00 bits per heavy atom. The number of aliphatic hydroxyl groups is 1. The lowest BCUT2D eigenvalue weighted by atomic mass is 10.0. The number of hydrogen-bond donors (Lipinski definition) is 2. The first kappa shape index (κ1) is 19.6. The second-order valence-corrected chi connectivity index (χ2v) is 7.36. The predicted molar refractivity (Wildman–Crippen MR) is 111 cm³/mol. The Kier molecular flexibility index (Phi) is 5.92. The standard InChI is InChI=1S/C23H27N3O3/c1-3-28-21-13-16(8-7-15(21)2)14-22-25-23(26-29-22)19-6-4-5-18-17(19)9-10-20(18)24-11-12-27/h4-8,13,20,24,27H,3,9-12,14H2,1-2H3. The van der Waals surface area contributed by atoms with Gasteiger partial charge in [0.2, 0.25) is 11.7 Å². The van der Waals surface area contributed by atoms with Crippen LogP contribution >= 0.6 is 0 Å². The average molecular weight is 393 g/mol. The van der Waals surface area contributed by atoms with Gasteiger partial charge in [-0.15, -0.1) is 0 Å². The monoisotopic (exact) mass is 393 g/mol. The Balaban J connectivity index is 1.55. The van der Waals surface area contributed by atoms with Gasteiger partial charge in [0.25, 0.3) is 0 Å². The smallest absolute Gasteiger partial charge is 0.231 e. The third kappa shape index (κ3) is 4.18. The number of aliphatic hydroxyl groups excluding tert-OH is 1. The van der Waals surface area contributed by atoms with Crippen molar-refractivity contribution in [1.82, 2.24) is 15.5 Å². The van der Waals surface area contributed by atoms with Gasteiger partial charge in [0.05, 0.1) is 19.6 Å². The molecule has 6 heteroatoms. The summed E-state index contributed by atoms with van der Waals surface area (Å²) in [5.74, 6) is 2.13. The Hall–Kier alpha value is -2.70. The molecule has 1 aliphatic rings. The van der Waals surface area contributed by atoms with Crippen LogP contribution in [0.15, 0.2) is 40.9 Å². The van der Waals surface area contributed by atoms with Gasteiger partial charge in [-0.3, -0.25) is 0 Å². The summed E-state index contributed by atoms with van der Waals surface area (Å²) in [7, 11) is 0. The largest absolute Gasteiger partial charge is 0.494 e. The number of fused-ring (bicyclic) bond motifs is 1. The van der Waals surface area contributed by atoms with Crippen LogP contribution in [0.3, 0.4) is 0 Å². The van der Waals surface area contributed by atoms with E-state index in [1.807, 2.05) is 26.0 Å². The third-order valence-corrected chi connectivity index (χ3v) is 5.39. The molecule has 1 aromatic heterocycles. The molecule has 0 saturated carbocycles. The van der Waals surface area contributed by atoms with Gasteiger partial charge < -0.3 is 19.7 Å². The van der Waals surface area contributed by atoms with Crippen molar-refractivity contribution in [3.05, 3.63) is 64.5 Å². The molecule has 29 heavy (non-hydrogen) atoms. The molecule has 1 heterocycles. The lowest BCUT2D eigenvalue weighted by Gasteiger charge is -2.13. The molecule has 4 rings (SSSR count). The number of nitrogens with one attached hydrogen (secondary N) is 1. The summed E-state index contributed by atoms with van der Waals surface area (Å²) in [6, 6.07) is 12.7. The first-order valence-electron chi connectivity index (χ1n) is 10.2. The molecule has 152 valence electrons. The lowest BCUT2D eigenvalue weighted by Crippen LogP contribution is -2.22. The first-order valence-corrected chi connectivity index (χ1v) is 10.2. The molecule has 0 saturated heterocycles. The van der Waals surface area contributed by atoms with Crippen LogP contribution in [0.2, 0.25) is 0 Å². The summed E-state index contributed by atoms with van der Waals surface area (Å²) in [5.41, 5.74) is 5.77. The van der Waals surface area contributed by atoms with E-state index in [1.165, 1.54) is 11.1 Å². The van der Waals surface area contributed by atoms with E-state index in [1.54, 1.807) is 0 Å². The van der Waals surface area contributed by atoms with E-state index in [9.17, 15) is 0 Å². The molecule has 1 atom stereocenters. The summed E-state index contributed by atoms with van der Waals surface area (Å²) < 4.78 is 11.2. The minimum Gasteiger partial charge on any atom is -0.494 e. The quantitative estimate of drug-likeness (QED) is 0.609. The minimum absolute atomic E-state index is 0.143. The summed E-state index contributed by atoms with van der Waals surface area (Å²) in [6.45, 7) is 5.41. The molecule has 2 aromatic carbocycles. The summed E-state index contributed by atoms with van der Waals surface area (Å²) in [5, 5.41) is 16.7. The Bertz CT molecular complexity index is 983. The zero-order valence-electron chi connectivity index (χ0n) is 16.9. The van der Waals surface area contributed by atoms with Gasteiger partial charge in [-0.25, -0.2) is 0 Å². The van der Waals surface area contributed by atoms with Crippen molar-refractivity contribution in [2.45, 2.75) is 39.2 Å². The molecular weight excluding hydrogens is 366 g/mol. The molecule has 0 bridgehead atoms. The molecule has 3 aromatic rings. The van der Waals surface area contributed by atoms with Crippen molar-refractivity contribution < 1.29 is 14.4 Å². The summed E-state index contributed by atoms with van der Waals surface area (Å²) in [6.07, 6.45) is 2.55. The average Bonchev–Trinajstić information content (AvgIpc) is 3.36. The Morgan fingerprint density at radius 1 is 1.28 bits per heavy atom. The Labute approximate surface area is 170 Å². The topological polar surface area (TPSA) is 80.4 Å². The van der Waals surface area contributed by atoms with Crippen molar-refractivity contribution in [1.29, 1.82) is 0 Å². The maximum Gasteiger partial charge on any atom is 0.231 e. The van der Waals surface area contributed by atoms with Crippen LogP contribution in [0, 0.1) is 6.92 Å². The number of aryl methyl sites for hydroxylation is 1. The zero-order valence-corrected chi connectivity index (χ0v) is 16.9. The van der Waals surface area contributed by atoms with E-state index in [-0.39, 0.29) is 12.6 Å². The highest BCUT2D eigenvalue weighted by molar-refractivity contribution is 5.63. The predicted octanol–water partition coefficient (Wildman–Crippen LogP) is 3.60. The number of benzene rings is 2. The van der Waals surface area contributed by atoms with Crippen LogP contribution in [0.25, 0.3) is 11.4 Å². The third-order valence-electron chi connectivity index (χ3n) is 5.39. The highest BCUT2D eigenvalue weighted by atomic mass is 16.5. The second kappa shape index (κ2) is 8.76. The van der Waals surface area contributed by atoms with Gasteiger partial charge in [0.15, 0.2) is 0 Å². The maximum atomic E-state index is 9.09. The molecule has 0 spiro atoms. The molecule has 0 radical (unpaired) electrons. The van der Waals surface area contributed by atoms with Gasteiger partial charge in [-0.05, 0) is 55.0 Å². The zero-order chi connectivity index (χ0) is 20.2. The SMILES string of the molecule is CCOc1cc(Cc2nc(-c3cccc4c3CCC4NCCO)no2)ccc1C. The van der Waals surface area contributed by atoms with Crippen LogP contribution in [0.4, 0.5) is 0 Å². The van der Waals surface area contributed by atoms with Crippen LogP contribution in [0.5, 0.6) is 5.75 Å².